The van der Waals surface area contributed by atoms with Crippen LogP contribution < -0.4 is 5.32 Å². The summed E-state index contributed by atoms with van der Waals surface area (Å²) in [5, 5.41) is 15.7. The molecule has 1 aromatic heterocycles. The summed E-state index contributed by atoms with van der Waals surface area (Å²) in [5.41, 5.74) is 2.17. The van der Waals surface area contributed by atoms with Gasteiger partial charge in [0.2, 0.25) is 0 Å². The average molecular weight is 347 g/mol. The van der Waals surface area contributed by atoms with Crippen molar-refractivity contribution >= 4 is 21.8 Å². The summed E-state index contributed by atoms with van der Waals surface area (Å²) < 4.78 is 2.70. The lowest BCUT2D eigenvalue weighted by molar-refractivity contribution is 0.0950. The SMILES string of the molecule is Cc1c(C(=O)NCC(C)C#N)cnn1-c1ccc(Br)cc1. The van der Waals surface area contributed by atoms with Crippen LogP contribution in [0.15, 0.2) is 34.9 Å². The standard InChI is InChI=1S/C15H15BrN4O/c1-10(7-17)8-18-15(21)14-9-19-20(11(14)2)13-5-3-12(16)4-6-13/h3-6,9-10H,8H2,1-2H3,(H,18,21). The maximum absolute atomic E-state index is 12.1. The van der Waals surface area contributed by atoms with Crippen molar-refractivity contribution in [1.29, 1.82) is 5.26 Å². The average Bonchev–Trinajstić information content (AvgIpc) is 2.87. The van der Waals surface area contributed by atoms with Gasteiger partial charge >= 0.3 is 0 Å². The molecule has 0 saturated heterocycles. The Kier molecular flexibility index (Phi) is 4.76. The third-order valence-electron chi connectivity index (χ3n) is 3.11. The van der Waals surface area contributed by atoms with Crippen LogP contribution in [0, 0.1) is 24.2 Å². The van der Waals surface area contributed by atoms with Crippen molar-refractivity contribution in [2.24, 2.45) is 5.92 Å². The van der Waals surface area contributed by atoms with Crippen LogP contribution in [-0.4, -0.2) is 22.2 Å². The van der Waals surface area contributed by atoms with Gasteiger partial charge < -0.3 is 5.32 Å². The van der Waals surface area contributed by atoms with E-state index >= 15 is 0 Å². The van der Waals surface area contributed by atoms with Crippen molar-refractivity contribution in [1.82, 2.24) is 15.1 Å². The smallest absolute Gasteiger partial charge is 0.254 e. The Morgan fingerprint density at radius 2 is 2.14 bits per heavy atom. The molecule has 0 saturated carbocycles. The fourth-order valence-electron chi connectivity index (χ4n) is 1.86. The van der Waals surface area contributed by atoms with Crippen LogP contribution in [0.4, 0.5) is 0 Å². The van der Waals surface area contributed by atoms with Crippen LogP contribution in [-0.2, 0) is 0 Å². The van der Waals surface area contributed by atoms with Crippen LogP contribution in [0.2, 0.25) is 0 Å². The van der Waals surface area contributed by atoms with E-state index in [-0.39, 0.29) is 11.8 Å². The van der Waals surface area contributed by atoms with E-state index in [1.54, 1.807) is 17.8 Å². The molecular formula is C15H15BrN4O. The first-order chi connectivity index (χ1) is 10.0. The lowest BCUT2D eigenvalue weighted by Gasteiger charge is -2.07. The minimum Gasteiger partial charge on any atom is -0.351 e. The molecule has 1 atom stereocenters. The van der Waals surface area contributed by atoms with Crippen LogP contribution in [0.3, 0.4) is 0 Å². The summed E-state index contributed by atoms with van der Waals surface area (Å²) in [6.45, 7) is 3.94. The highest BCUT2D eigenvalue weighted by Crippen LogP contribution is 2.17. The highest BCUT2D eigenvalue weighted by molar-refractivity contribution is 9.10. The predicted molar refractivity (Wildman–Crippen MR) is 83.1 cm³/mol. The van der Waals surface area contributed by atoms with E-state index in [2.05, 4.69) is 32.4 Å². The molecule has 0 fully saturated rings. The number of aromatic nitrogens is 2. The number of hydrogen-bond acceptors (Lipinski definition) is 3. The number of nitrogens with one attached hydrogen (secondary N) is 1. The third kappa shape index (κ3) is 3.50. The molecule has 6 heteroatoms. The second-order valence-corrected chi connectivity index (χ2v) is 5.69. The molecule has 1 unspecified atom stereocenters. The Labute approximate surface area is 131 Å². The highest BCUT2D eigenvalue weighted by Gasteiger charge is 2.15. The topological polar surface area (TPSA) is 70.7 Å². The first-order valence-corrected chi connectivity index (χ1v) is 7.30. The molecule has 5 nitrogen and oxygen atoms in total. The van der Waals surface area contributed by atoms with E-state index in [1.165, 1.54) is 0 Å². The quantitative estimate of drug-likeness (QED) is 0.925. The van der Waals surface area contributed by atoms with E-state index in [1.807, 2.05) is 31.2 Å². The summed E-state index contributed by atoms with van der Waals surface area (Å²) in [7, 11) is 0. The maximum atomic E-state index is 12.1. The Hall–Kier alpha value is -2.13. The monoisotopic (exact) mass is 346 g/mol. The number of rotatable bonds is 4. The number of carbonyl (C=O) groups is 1. The molecule has 0 aliphatic heterocycles. The molecule has 0 bridgehead atoms. The minimum absolute atomic E-state index is 0.210. The highest BCUT2D eigenvalue weighted by atomic mass is 79.9. The molecule has 1 aromatic carbocycles. The molecule has 1 heterocycles. The fraction of sp³-hybridized carbons (Fsp3) is 0.267. The van der Waals surface area contributed by atoms with Gasteiger partial charge in [-0.2, -0.15) is 10.4 Å². The van der Waals surface area contributed by atoms with Crippen molar-refractivity contribution in [3.05, 3.63) is 46.2 Å². The van der Waals surface area contributed by atoms with Gasteiger partial charge in [-0.25, -0.2) is 4.68 Å². The molecule has 0 aliphatic rings. The second-order valence-electron chi connectivity index (χ2n) is 4.77. The van der Waals surface area contributed by atoms with E-state index in [4.69, 9.17) is 5.26 Å². The fourth-order valence-corrected chi connectivity index (χ4v) is 2.13. The molecule has 0 radical (unpaired) electrons. The van der Waals surface area contributed by atoms with Gasteiger partial charge in [0, 0.05) is 11.0 Å². The first-order valence-electron chi connectivity index (χ1n) is 6.51. The normalized spacial score (nSPS) is 11.7. The van der Waals surface area contributed by atoms with E-state index in [0.717, 1.165) is 15.9 Å². The van der Waals surface area contributed by atoms with E-state index in [9.17, 15) is 4.79 Å². The van der Waals surface area contributed by atoms with Gasteiger partial charge in [0.05, 0.1) is 35.1 Å². The number of amides is 1. The number of halogens is 1. The van der Waals surface area contributed by atoms with Gasteiger partial charge in [-0.15, -0.1) is 0 Å². The number of nitrogens with zero attached hydrogens (tertiary/aromatic N) is 3. The Bertz CT molecular complexity index is 685. The van der Waals surface area contributed by atoms with Crippen molar-refractivity contribution in [3.8, 4) is 11.8 Å². The van der Waals surface area contributed by atoms with Gasteiger partial charge in [-0.3, -0.25) is 4.79 Å². The lowest BCUT2D eigenvalue weighted by Crippen LogP contribution is -2.28. The maximum Gasteiger partial charge on any atom is 0.254 e. The van der Waals surface area contributed by atoms with Crippen molar-refractivity contribution in [2.45, 2.75) is 13.8 Å². The van der Waals surface area contributed by atoms with Gasteiger partial charge in [0.15, 0.2) is 0 Å². The van der Waals surface area contributed by atoms with Crippen molar-refractivity contribution in [3.63, 3.8) is 0 Å². The van der Waals surface area contributed by atoms with Gasteiger partial charge in [0.25, 0.3) is 5.91 Å². The number of benzene rings is 1. The zero-order chi connectivity index (χ0) is 15.4. The molecule has 21 heavy (non-hydrogen) atoms. The third-order valence-corrected chi connectivity index (χ3v) is 3.64. The first kappa shape index (κ1) is 15.3. The number of nitriles is 1. The van der Waals surface area contributed by atoms with Crippen molar-refractivity contribution < 1.29 is 4.79 Å². The minimum atomic E-state index is -0.212. The van der Waals surface area contributed by atoms with Crippen molar-refractivity contribution in [2.75, 3.05) is 6.54 Å². The summed E-state index contributed by atoms with van der Waals surface area (Å²) in [6.07, 6.45) is 1.55. The van der Waals surface area contributed by atoms with E-state index < -0.39 is 0 Å². The molecule has 1 N–H and O–H groups in total. The zero-order valence-corrected chi connectivity index (χ0v) is 13.4. The Morgan fingerprint density at radius 3 is 2.76 bits per heavy atom. The van der Waals surface area contributed by atoms with Gasteiger partial charge in [0.1, 0.15) is 0 Å². The van der Waals surface area contributed by atoms with Crippen LogP contribution >= 0.6 is 15.9 Å². The predicted octanol–water partition coefficient (Wildman–Crippen LogP) is 2.83. The Morgan fingerprint density at radius 1 is 1.48 bits per heavy atom. The van der Waals surface area contributed by atoms with E-state index in [0.29, 0.717) is 12.1 Å². The van der Waals surface area contributed by atoms with Crippen LogP contribution in [0.5, 0.6) is 0 Å². The van der Waals surface area contributed by atoms with Gasteiger partial charge in [-0.1, -0.05) is 15.9 Å². The molecule has 108 valence electrons. The number of carbonyl (C=O) groups excluding carboxylic acids is 1. The van der Waals surface area contributed by atoms with Gasteiger partial charge in [-0.05, 0) is 38.1 Å². The van der Waals surface area contributed by atoms with Crippen LogP contribution in [0.25, 0.3) is 5.69 Å². The molecule has 2 rings (SSSR count). The molecule has 2 aromatic rings. The summed E-state index contributed by atoms with van der Waals surface area (Å²) in [5.74, 6) is -0.422. The summed E-state index contributed by atoms with van der Waals surface area (Å²) in [4.78, 5) is 12.1. The largest absolute Gasteiger partial charge is 0.351 e. The molecule has 0 aliphatic carbocycles. The van der Waals surface area contributed by atoms with Crippen LogP contribution in [0.1, 0.15) is 23.0 Å². The zero-order valence-electron chi connectivity index (χ0n) is 11.8. The second kappa shape index (κ2) is 6.55. The number of hydrogen-bond donors (Lipinski definition) is 1. The molecular weight excluding hydrogens is 332 g/mol. The Balaban J connectivity index is 2.19. The molecule has 0 spiro atoms. The lowest BCUT2D eigenvalue weighted by atomic mass is 10.2. The summed E-state index contributed by atoms with van der Waals surface area (Å²) in [6, 6.07) is 9.77. The molecule has 1 amide bonds. The summed E-state index contributed by atoms with van der Waals surface area (Å²) >= 11 is 3.39.